The highest BCUT2D eigenvalue weighted by molar-refractivity contribution is 7.89. The van der Waals surface area contributed by atoms with Crippen LogP contribution in [0.1, 0.15) is 42.5 Å². The van der Waals surface area contributed by atoms with E-state index >= 15 is 0 Å². The van der Waals surface area contributed by atoms with Gasteiger partial charge in [-0.15, -0.1) is 13.2 Å². The van der Waals surface area contributed by atoms with Crippen LogP contribution in [-0.4, -0.2) is 59.3 Å². The number of hydrogen-bond donors (Lipinski definition) is 2. The molecule has 1 aliphatic heterocycles. The van der Waals surface area contributed by atoms with E-state index in [4.69, 9.17) is 25.9 Å². The fourth-order valence-corrected chi connectivity index (χ4v) is 6.22. The van der Waals surface area contributed by atoms with Gasteiger partial charge in [0.05, 0.1) is 31.9 Å². The maximum atomic E-state index is 14.6. The highest BCUT2D eigenvalue weighted by atomic mass is 35.5. The summed E-state index contributed by atoms with van der Waals surface area (Å²) < 4.78 is 78.9. The third-order valence-electron chi connectivity index (χ3n) is 8.03. The molecule has 5 rings (SSSR count). The monoisotopic (exact) mass is 736 g/mol. The first-order valence-electron chi connectivity index (χ1n) is 14.9. The quantitative estimate of drug-likeness (QED) is 0.102. The van der Waals surface area contributed by atoms with Crippen LogP contribution in [0.3, 0.4) is 0 Å². The molecule has 1 heterocycles. The number of alkyl halides is 3. The number of rotatable bonds is 12. The van der Waals surface area contributed by atoms with Crippen molar-refractivity contribution < 1.29 is 50.2 Å². The summed E-state index contributed by atoms with van der Waals surface area (Å²) in [6.45, 7) is 1.86. The average Bonchev–Trinajstić information content (AvgIpc) is 3.75. The topological polar surface area (TPSA) is 145 Å². The fraction of sp³-hybridized carbons (Fsp3) is 0.303. The lowest BCUT2D eigenvalue weighted by Crippen LogP contribution is -2.38. The van der Waals surface area contributed by atoms with Crippen LogP contribution in [0, 0.1) is 0 Å². The van der Waals surface area contributed by atoms with Crippen LogP contribution in [0.4, 0.5) is 24.5 Å². The molecule has 1 saturated carbocycles. The van der Waals surface area contributed by atoms with E-state index in [1.807, 2.05) is 0 Å². The van der Waals surface area contributed by atoms with Crippen LogP contribution in [0.2, 0.25) is 5.02 Å². The predicted molar refractivity (Wildman–Crippen MR) is 179 cm³/mol. The molecular formula is C33H32ClF3N4O8S. The highest BCUT2D eigenvalue weighted by Crippen LogP contribution is 2.57. The summed E-state index contributed by atoms with van der Waals surface area (Å²) >= 11 is 6.25. The minimum Gasteiger partial charge on any atom is -0.497 e. The van der Waals surface area contributed by atoms with E-state index < -0.39 is 40.0 Å². The molecule has 0 saturated heterocycles. The van der Waals surface area contributed by atoms with E-state index in [-0.39, 0.29) is 12.0 Å². The van der Waals surface area contributed by atoms with Gasteiger partial charge in [-0.2, -0.15) is 0 Å². The van der Waals surface area contributed by atoms with Gasteiger partial charge in [-0.05, 0) is 55.7 Å². The number of methoxy groups -OCH3 is 2. The number of nitrogens with zero attached hydrogens (tertiary/aromatic N) is 2. The number of fused-ring (bicyclic) bond motifs is 2. The Labute approximate surface area is 290 Å². The van der Waals surface area contributed by atoms with Gasteiger partial charge in [0.15, 0.2) is 0 Å². The first-order chi connectivity index (χ1) is 23.5. The zero-order valence-electron chi connectivity index (χ0n) is 27.1. The van der Waals surface area contributed by atoms with Gasteiger partial charge in [-0.1, -0.05) is 28.9 Å². The Morgan fingerprint density at radius 2 is 1.78 bits per heavy atom. The van der Waals surface area contributed by atoms with Crippen molar-refractivity contribution >= 4 is 50.5 Å². The van der Waals surface area contributed by atoms with E-state index in [1.165, 1.54) is 31.3 Å². The first kappa shape index (κ1) is 36.3. The van der Waals surface area contributed by atoms with Gasteiger partial charge in [-0.3, -0.25) is 9.59 Å². The smallest absolute Gasteiger partial charge is 0.497 e. The van der Waals surface area contributed by atoms with E-state index in [9.17, 15) is 31.2 Å². The van der Waals surface area contributed by atoms with E-state index in [1.54, 1.807) is 54.1 Å². The largest absolute Gasteiger partial charge is 0.573 e. The Balaban J connectivity index is 1.50. The van der Waals surface area contributed by atoms with Crippen LogP contribution in [0.5, 0.6) is 17.2 Å². The number of carbonyl (C=O) groups excluding carboxylic acids is 2. The predicted octanol–water partition coefficient (Wildman–Crippen LogP) is 5.82. The number of oxime groups is 1. The van der Waals surface area contributed by atoms with Crippen LogP contribution < -0.4 is 29.1 Å². The third kappa shape index (κ3) is 8.60. The minimum absolute atomic E-state index is 0.257. The van der Waals surface area contributed by atoms with Crippen molar-refractivity contribution in [3.05, 3.63) is 88.6 Å². The molecule has 1 aliphatic carbocycles. The number of sulfonamides is 1. The number of amides is 2. The van der Waals surface area contributed by atoms with Gasteiger partial charge >= 0.3 is 6.36 Å². The van der Waals surface area contributed by atoms with Crippen molar-refractivity contribution in [1.29, 1.82) is 0 Å². The molecule has 2 aliphatic rings. The zero-order valence-corrected chi connectivity index (χ0v) is 28.7. The molecule has 0 bridgehead atoms. The van der Waals surface area contributed by atoms with E-state index in [0.717, 1.165) is 37.0 Å². The molecule has 3 aromatic carbocycles. The average molecular weight is 737 g/mol. The number of nitrogens with one attached hydrogen (secondary N) is 2. The molecule has 1 fully saturated rings. The Morgan fingerprint density at radius 1 is 1.04 bits per heavy atom. The molecule has 1 atom stereocenters. The molecule has 1 unspecified atom stereocenters. The third-order valence-corrected chi connectivity index (χ3v) is 8.83. The minimum atomic E-state index is -4.92. The highest BCUT2D eigenvalue weighted by Gasteiger charge is 2.54. The van der Waals surface area contributed by atoms with Crippen LogP contribution in [0.25, 0.3) is 0 Å². The standard InChI is InChI=1S/C33H32ClF3N4O8S/c1-19(39-48-12-9-29(42)40-50(4,44)45)20-13-22(16-24(14-20)46-2)38-30(25-7-5-21(34)15-28(25)47-3)31(43)41-18-32(10-11-32)26-8-6-23(17-27(26)41)49-33(35,36)37/h5-9,12-17,30,38H,10-11,18H2,1-4H3,(H,40,42). The van der Waals surface area contributed by atoms with E-state index in [0.29, 0.717) is 44.7 Å². The molecule has 2 amide bonds. The van der Waals surface area contributed by atoms with Crippen LogP contribution in [0.15, 0.2) is 72.1 Å². The summed E-state index contributed by atoms with van der Waals surface area (Å²) in [5, 5.41) is 7.55. The number of ether oxygens (including phenoxy) is 3. The summed E-state index contributed by atoms with van der Waals surface area (Å²) in [7, 11) is -0.895. The SMILES string of the molecule is COc1cc(NC(C(=O)N2CC3(CC3)c3ccc(OC(F)(F)F)cc32)c2ccc(Cl)cc2OC)cc(C(C)=NOC=CC(=O)NS(C)(=O)=O)c1. The summed E-state index contributed by atoms with van der Waals surface area (Å²) in [5.74, 6) is -1.19. The second kappa shape index (κ2) is 14.1. The molecule has 0 aromatic heterocycles. The summed E-state index contributed by atoms with van der Waals surface area (Å²) in [4.78, 5) is 32.8. The van der Waals surface area contributed by atoms with Gasteiger partial charge < -0.3 is 29.3 Å². The number of carbonyl (C=O) groups is 2. The Bertz CT molecular complexity index is 1980. The maximum absolute atomic E-state index is 14.6. The van der Waals surface area contributed by atoms with E-state index in [2.05, 4.69) is 15.2 Å². The molecular weight excluding hydrogens is 705 g/mol. The second-order valence-corrected chi connectivity index (χ2v) is 13.9. The summed E-state index contributed by atoms with van der Waals surface area (Å²) in [6.07, 6.45) is -0.816. The van der Waals surface area contributed by atoms with Crippen molar-refractivity contribution in [2.45, 2.75) is 37.6 Å². The first-order valence-corrected chi connectivity index (χ1v) is 17.2. The van der Waals surface area contributed by atoms with Crippen molar-refractivity contribution in [2.24, 2.45) is 5.16 Å². The van der Waals surface area contributed by atoms with Crippen molar-refractivity contribution in [3.8, 4) is 17.2 Å². The summed E-state index contributed by atoms with van der Waals surface area (Å²) in [5.41, 5.74) is 2.30. The lowest BCUT2D eigenvalue weighted by Gasteiger charge is -2.28. The van der Waals surface area contributed by atoms with Gasteiger partial charge in [0.2, 0.25) is 10.0 Å². The molecule has 3 aromatic rings. The number of benzene rings is 3. The van der Waals surface area contributed by atoms with Gasteiger partial charge in [0.25, 0.3) is 11.8 Å². The van der Waals surface area contributed by atoms with Crippen molar-refractivity contribution in [3.63, 3.8) is 0 Å². The van der Waals surface area contributed by atoms with Gasteiger partial charge in [0, 0.05) is 52.0 Å². The summed E-state index contributed by atoms with van der Waals surface area (Å²) in [6, 6.07) is 12.6. The second-order valence-electron chi connectivity index (χ2n) is 11.7. The molecule has 2 N–H and O–H groups in total. The normalized spacial score (nSPS) is 15.8. The van der Waals surface area contributed by atoms with Gasteiger partial charge in [0.1, 0.15) is 29.6 Å². The molecule has 12 nitrogen and oxygen atoms in total. The van der Waals surface area contributed by atoms with Gasteiger partial charge in [-0.25, -0.2) is 13.1 Å². The zero-order chi connectivity index (χ0) is 36.4. The lowest BCUT2D eigenvalue weighted by molar-refractivity contribution is -0.274. The number of anilines is 2. The van der Waals surface area contributed by atoms with Crippen LogP contribution >= 0.6 is 11.6 Å². The molecule has 1 spiro atoms. The number of halogens is 4. The van der Waals surface area contributed by atoms with Crippen molar-refractivity contribution in [2.75, 3.05) is 37.2 Å². The fourth-order valence-electron chi connectivity index (χ4n) is 5.63. The molecule has 266 valence electrons. The Hall–Kier alpha value is -4.96. The van der Waals surface area contributed by atoms with Crippen molar-refractivity contribution in [1.82, 2.24) is 4.72 Å². The molecule has 0 radical (unpaired) electrons. The lowest BCUT2D eigenvalue weighted by atomic mass is 9.99. The molecule has 17 heteroatoms. The molecule has 50 heavy (non-hydrogen) atoms. The Kier molecular flexibility index (Phi) is 10.3. The Morgan fingerprint density at radius 3 is 2.42 bits per heavy atom. The number of hydrogen-bond acceptors (Lipinski definition) is 10. The maximum Gasteiger partial charge on any atom is 0.573 e. The van der Waals surface area contributed by atoms with Crippen LogP contribution in [-0.2, 0) is 29.9 Å².